The highest BCUT2D eigenvalue weighted by atomic mass is 16.5. The highest BCUT2D eigenvalue weighted by Crippen LogP contribution is 2.17. The van der Waals surface area contributed by atoms with E-state index in [-0.39, 0.29) is 6.10 Å². The van der Waals surface area contributed by atoms with Crippen LogP contribution >= 0.6 is 0 Å². The van der Waals surface area contributed by atoms with E-state index in [9.17, 15) is 0 Å². The molecule has 3 nitrogen and oxygen atoms in total. The van der Waals surface area contributed by atoms with Gasteiger partial charge in [0, 0.05) is 18.3 Å². The molecule has 1 N–H and O–H groups in total. The van der Waals surface area contributed by atoms with Crippen molar-refractivity contribution in [3.63, 3.8) is 0 Å². The standard InChI is InChI=1S/C16H28N2O/c1-6-9-17-14(5)15-7-8-16(18-11-15)19-13(4)10-12(2)3/h7-8,11-14,17H,6,9-10H2,1-5H3. The van der Waals surface area contributed by atoms with E-state index in [2.05, 4.69) is 51.0 Å². The lowest BCUT2D eigenvalue weighted by Crippen LogP contribution is -2.19. The largest absolute Gasteiger partial charge is 0.475 e. The van der Waals surface area contributed by atoms with Crippen molar-refractivity contribution < 1.29 is 4.74 Å². The van der Waals surface area contributed by atoms with Crippen LogP contribution in [0.25, 0.3) is 0 Å². The number of rotatable bonds is 8. The molecule has 0 saturated carbocycles. The average molecular weight is 264 g/mol. The second-order valence-electron chi connectivity index (χ2n) is 5.66. The number of nitrogens with one attached hydrogen (secondary N) is 1. The molecule has 19 heavy (non-hydrogen) atoms. The molecule has 0 radical (unpaired) electrons. The SMILES string of the molecule is CCCNC(C)c1ccc(OC(C)CC(C)C)nc1. The molecule has 0 fully saturated rings. The van der Waals surface area contributed by atoms with Crippen molar-refractivity contribution >= 4 is 0 Å². The Labute approximate surface area is 117 Å². The van der Waals surface area contributed by atoms with E-state index in [1.54, 1.807) is 0 Å². The van der Waals surface area contributed by atoms with E-state index in [1.165, 1.54) is 5.56 Å². The summed E-state index contributed by atoms with van der Waals surface area (Å²) in [7, 11) is 0. The molecular weight excluding hydrogens is 236 g/mol. The Morgan fingerprint density at radius 1 is 1.21 bits per heavy atom. The third kappa shape index (κ3) is 6.06. The molecule has 0 aromatic carbocycles. The zero-order valence-corrected chi connectivity index (χ0v) is 12.9. The average Bonchev–Trinajstić information content (AvgIpc) is 2.35. The van der Waals surface area contributed by atoms with Crippen LogP contribution in [0.15, 0.2) is 18.3 Å². The van der Waals surface area contributed by atoms with Crippen molar-refractivity contribution in [3.8, 4) is 5.88 Å². The molecular formula is C16H28N2O. The van der Waals surface area contributed by atoms with E-state index < -0.39 is 0 Å². The summed E-state index contributed by atoms with van der Waals surface area (Å²) in [6, 6.07) is 4.41. The molecule has 1 rings (SSSR count). The summed E-state index contributed by atoms with van der Waals surface area (Å²) in [4.78, 5) is 4.39. The minimum atomic E-state index is 0.217. The van der Waals surface area contributed by atoms with Gasteiger partial charge in [0.25, 0.3) is 0 Å². The van der Waals surface area contributed by atoms with Crippen LogP contribution in [0.2, 0.25) is 0 Å². The van der Waals surface area contributed by atoms with Crippen LogP contribution in [0.1, 0.15) is 59.1 Å². The predicted molar refractivity (Wildman–Crippen MR) is 80.5 cm³/mol. The third-order valence-corrected chi connectivity index (χ3v) is 3.09. The summed E-state index contributed by atoms with van der Waals surface area (Å²) in [6.07, 6.45) is 4.32. The smallest absolute Gasteiger partial charge is 0.213 e. The van der Waals surface area contributed by atoms with Crippen LogP contribution in [0, 0.1) is 5.92 Å². The molecule has 3 heteroatoms. The van der Waals surface area contributed by atoms with Crippen molar-refractivity contribution in [2.24, 2.45) is 5.92 Å². The van der Waals surface area contributed by atoms with Gasteiger partial charge in [-0.15, -0.1) is 0 Å². The maximum Gasteiger partial charge on any atom is 0.213 e. The Morgan fingerprint density at radius 3 is 2.47 bits per heavy atom. The monoisotopic (exact) mass is 264 g/mol. The number of hydrogen-bond acceptors (Lipinski definition) is 3. The molecule has 1 aromatic heterocycles. The fraction of sp³-hybridized carbons (Fsp3) is 0.688. The van der Waals surface area contributed by atoms with Crippen LogP contribution < -0.4 is 10.1 Å². The normalized spacial score (nSPS) is 14.4. The highest BCUT2D eigenvalue weighted by molar-refractivity contribution is 5.20. The van der Waals surface area contributed by atoms with Crippen LogP contribution in [-0.2, 0) is 0 Å². The maximum absolute atomic E-state index is 5.81. The first-order valence-electron chi connectivity index (χ1n) is 7.38. The van der Waals surface area contributed by atoms with Gasteiger partial charge in [0.1, 0.15) is 0 Å². The number of hydrogen-bond donors (Lipinski definition) is 1. The zero-order valence-electron chi connectivity index (χ0n) is 12.9. The summed E-state index contributed by atoms with van der Waals surface area (Å²) >= 11 is 0. The second kappa shape index (κ2) is 8.16. The van der Waals surface area contributed by atoms with E-state index in [4.69, 9.17) is 4.74 Å². The number of aromatic nitrogens is 1. The van der Waals surface area contributed by atoms with Gasteiger partial charge in [-0.1, -0.05) is 26.8 Å². The summed E-state index contributed by atoms with van der Waals surface area (Å²) in [5.41, 5.74) is 1.21. The number of pyridine rings is 1. The van der Waals surface area contributed by atoms with Gasteiger partial charge in [0.05, 0.1) is 6.10 Å². The van der Waals surface area contributed by atoms with Gasteiger partial charge in [-0.05, 0) is 44.7 Å². The Kier molecular flexibility index (Phi) is 6.85. The second-order valence-corrected chi connectivity index (χ2v) is 5.66. The quantitative estimate of drug-likeness (QED) is 0.772. The number of ether oxygens (including phenoxy) is 1. The van der Waals surface area contributed by atoms with Gasteiger partial charge in [-0.25, -0.2) is 4.98 Å². The Balaban J connectivity index is 2.51. The van der Waals surface area contributed by atoms with Crippen LogP contribution in [0.3, 0.4) is 0 Å². The van der Waals surface area contributed by atoms with Crippen molar-refractivity contribution in [3.05, 3.63) is 23.9 Å². The molecule has 0 aliphatic heterocycles. The van der Waals surface area contributed by atoms with Crippen LogP contribution in [0.4, 0.5) is 0 Å². The summed E-state index contributed by atoms with van der Waals surface area (Å²) < 4.78 is 5.81. The molecule has 1 aromatic rings. The molecule has 108 valence electrons. The first kappa shape index (κ1) is 16.0. The number of nitrogens with zero attached hydrogens (tertiary/aromatic N) is 1. The molecule has 2 unspecified atom stereocenters. The fourth-order valence-corrected chi connectivity index (χ4v) is 2.11. The van der Waals surface area contributed by atoms with Crippen molar-refractivity contribution in [1.29, 1.82) is 0 Å². The lowest BCUT2D eigenvalue weighted by Gasteiger charge is -2.17. The van der Waals surface area contributed by atoms with Gasteiger partial charge in [-0.2, -0.15) is 0 Å². The van der Waals surface area contributed by atoms with Gasteiger partial charge in [0.15, 0.2) is 0 Å². The first-order chi connectivity index (χ1) is 9.02. The Morgan fingerprint density at radius 2 is 1.95 bits per heavy atom. The Bertz CT molecular complexity index is 348. The van der Waals surface area contributed by atoms with E-state index in [0.717, 1.165) is 25.3 Å². The van der Waals surface area contributed by atoms with Gasteiger partial charge in [-0.3, -0.25) is 0 Å². The minimum absolute atomic E-state index is 0.217. The predicted octanol–water partition coefficient (Wildman–Crippen LogP) is 3.96. The molecule has 0 aliphatic carbocycles. The van der Waals surface area contributed by atoms with Crippen LogP contribution in [-0.4, -0.2) is 17.6 Å². The molecule has 0 saturated heterocycles. The van der Waals surface area contributed by atoms with E-state index in [0.29, 0.717) is 12.0 Å². The van der Waals surface area contributed by atoms with Crippen molar-refractivity contribution in [1.82, 2.24) is 10.3 Å². The first-order valence-corrected chi connectivity index (χ1v) is 7.38. The van der Waals surface area contributed by atoms with Gasteiger partial charge < -0.3 is 10.1 Å². The van der Waals surface area contributed by atoms with Crippen LogP contribution in [0.5, 0.6) is 5.88 Å². The molecule has 0 aliphatic rings. The van der Waals surface area contributed by atoms with Crippen molar-refractivity contribution in [2.45, 2.75) is 59.6 Å². The molecule has 1 heterocycles. The van der Waals surface area contributed by atoms with Gasteiger partial charge >= 0.3 is 0 Å². The molecule has 0 bridgehead atoms. The minimum Gasteiger partial charge on any atom is -0.475 e. The lowest BCUT2D eigenvalue weighted by atomic mass is 10.1. The van der Waals surface area contributed by atoms with E-state index >= 15 is 0 Å². The Hall–Kier alpha value is -1.09. The summed E-state index contributed by atoms with van der Waals surface area (Å²) in [5, 5.41) is 3.45. The summed E-state index contributed by atoms with van der Waals surface area (Å²) in [5.74, 6) is 1.37. The molecule has 2 atom stereocenters. The lowest BCUT2D eigenvalue weighted by molar-refractivity contribution is 0.185. The van der Waals surface area contributed by atoms with Crippen molar-refractivity contribution in [2.75, 3.05) is 6.54 Å². The van der Waals surface area contributed by atoms with Gasteiger partial charge in [0.2, 0.25) is 5.88 Å². The highest BCUT2D eigenvalue weighted by Gasteiger charge is 2.09. The topological polar surface area (TPSA) is 34.1 Å². The zero-order chi connectivity index (χ0) is 14.3. The molecule has 0 spiro atoms. The molecule has 0 amide bonds. The van der Waals surface area contributed by atoms with E-state index in [1.807, 2.05) is 12.3 Å². The maximum atomic E-state index is 5.81. The fourth-order valence-electron chi connectivity index (χ4n) is 2.11. The summed E-state index contributed by atoms with van der Waals surface area (Å²) in [6.45, 7) is 11.9. The third-order valence-electron chi connectivity index (χ3n) is 3.09.